The van der Waals surface area contributed by atoms with Crippen LogP contribution in [0.2, 0.25) is 0 Å². The Kier molecular flexibility index (Phi) is 31.9. The van der Waals surface area contributed by atoms with Crippen molar-refractivity contribution in [2.75, 3.05) is 90.4 Å². The number of hydrogen-bond acceptors (Lipinski definition) is 17. The van der Waals surface area contributed by atoms with E-state index in [1.807, 2.05) is 0 Å². The molecule has 0 saturated heterocycles. The zero-order chi connectivity index (χ0) is 52.3. The zero-order valence-corrected chi connectivity index (χ0v) is 40.6. The van der Waals surface area contributed by atoms with Crippen LogP contribution in [0.3, 0.4) is 0 Å². The Labute approximate surface area is 409 Å². The topological polar surface area (TPSA) is 511 Å². The van der Waals surface area contributed by atoms with E-state index in [2.05, 4.69) is 45.9 Å². The average molecular weight is 993 g/mol. The third kappa shape index (κ3) is 28.6. The maximum atomic E-state index is 14.0. The van der Waals surface area contributed by atoms with Crippen LogP contribution in [0.4, 0.5) is 11.6 Å². The molecule has 70 heavy (non-hydrogen) atoms. The van der Waals surface area contributed by atoms with Crippen LogP contribution < -0.4 is 79.0 Å². The lowest BCUT2D eigenvalue weighted by atomic mass is 9.91. The molecule has 0 fully saturated rings. The number of ether oxygens (including phenoxy) is 3. The number of nitrogens with one attached hydrogen (secondary N) is 3. The van der Waals surface area contributed by atoms with Gasteiger partial charge in [0.1, 0.15) is 0 Å². The Balaban J connectivity index is 3.17. The molecule has 1 heterocycles. The molecular weight excluding hydrogens is 913 g/mol. The minimum atomic E-state index is -1.18. The van der Waals surface area contributed by atoms with Gasteiger partial charge >= 0.3 is 0 Å². The van der Waals surface area contributed by atoms with Crippen LogP contribution >= 0.6 is 0 Å². The molecule has 0 radical (unpaired) electrons. The smallest absolute Gasteiger partial charge is 0.274 e. The van der Waals surface area contributed by atoms with Gasteiger partial charge in [0.25, 0.3) is 5.91 Å². The fourth-order valence-electron chi connectivity index (χ4n) is 6.62. The number of anilines is 2. The SMILES string of the molecule is CC(CCCN=C(N)N)NC(=O)[C@H](CCCN=C(N)N)CC(=O)c1nc(N)c(C(=O)N[C@@H](CCCN=C(N)N)C(=O)CC(CCCN=C(N)N)C(=O)NCCCOCCOCCOCCCN)nc1N. The Morgan fingerprint density at radius 2 is 0.986 bits per heavy atom. The van der Waals surface area contributed by atoms with Gasteiger partial charge in [0.2, 0.25) is 11.8 Å². The second-order valence-corrected chi connectivity index (χ2v) is 16.2. The summed E-state index contributed by atoms with van der Waals surface area (Å²) in [5.74, 6) is -5.95. The molecule has 0 aromatic carbocycles. The summed E-state index contributed by atoms with van der Waals surface area (Å²) in [6.45, 7) is 6.12. The van der Waals surface area contributed by atoms with E-state index in [0.29, 0.717) is 84.8 Å². The minimum Gasteiger partial charge on any atom is -0.382 e. The van der Waals surface area contributed by atoms with Gasteiger partial charge in [-0.05, 0) is 77.7 Å². The van der Waals surface area contributed by atoms with E-state index in [1.165, 1.54) is 0 Å². The fraction of sp³-hybridized carbons (Fsp3) is 0.690. The standard InChI is InChI=1S/C42H80N20O8/c1-26(8-2-13-55-39(46)47)59-37(66)28(10-4-15-57-41(50)51)25-31(64)32-34(44)62-33(35(45)61-32)38(67)60-29(11-5-16-58-42(52)53)30(63)24-27(9-3-14-56-40(48)49)36(65)54-17-7-19-69-21-23-70-22-20-68-18-6-12-43/h26-29H,2-25,43H2,1H3,(H2,44,62)(H2,45,61)(H,54,65)(H,59,66)(H,60,67)(H4,46,47,55)(H4,48,49,56)(H4,50,51,57)(H4,52,53,58)/t26?,27?,28-,29+/m1/s1. The van der Waals surface area contributed by atoms with Gasteiger partial charge in [-0.3, -0.25) is 43.9 Å². The second kappa shape index (κ2) is 36.3. The highest BCUT2D eigenvalue weighted by Crippen LogP contribution is 2.22. The van der Waals surface area contributed by atoms with Crippen molar-refractivity contribution < 1.29 is 38.2 Å². The molecule has 0 aliphatic rings. The van der Waals surface area contributed by atoms with Crippen molar-refractivity contribution in [1.29, 1.82) is 0 Å². The van der Waals surface area contributed by atoms with Gasteiger partial charge in [-0.1, -0.05) is 0 Å². The molecule has 0 bridgehead atoms. The van der Waals surface area contributed by atoms with Crippen LogP contribution in [0, 0.1) is 11.8 Å². The number of aromatic nitrogens is 2. The first-order valence-electron chi connectivity index (χ1n) is 23.4. The highest BCUT2D eigenvalue weighted by molar-refractivity contribution is 6.04. The maximum absolute atomic E-state index is 14.0. The molecule has 1 aromatic rings. The third-order valence-electron chi connectivity index (χ3n) is 10.2. The number of aliphatic imine (C=N–C) groups is 4. The summed E-state index contributed by atoms with van der Waals surface area (Å²) in [5.41, 5.74) is 60.7. The van der Waals surface area contributed by atoms with Gasteiger partial charge in [-0.2, -0.15) is 0 Å². The predicted octanol–water partition coefficient (Wildman–Crippen LogP) is -3.87. The number of nitrogens with zero attached hydrogens (tertiary/aromatic N) is 6. The van der Waals surface area contributed by atoms with E-state index >= 15 is 0 Å². The zero-order valence-electron chi connectivity index (χ0n) is 40.6. The van der Waals surface area contributed by atoms with E-state index in [1.54, 1.807) is 6.92 Å². The molecule has 1 aromatic heterocycles. The number of Topliss-reactive ketones (excluding diaryl/α,β-unsaturated/α-hetero) is 2. The quantitative estimate of drug-likeness (QED) is 0.0129. The molecule has 1 rings (SSSR count). The highest BCUT2D eigenvalue weighted by Gasteiger charge is 2.31. The number of nitrogens with two attached hydrogens (primary N) is 11. The average Bonchev–Trinajstić information content (AvgIpc) is 3.29. The number of carbonyl (C=O) groups is 5. The van der Waals surface area contributed by atoms with E-state index in [0.717, 1.165) is 6.42 Å². The Morgan fingerprint density at radius 1 is 0.543 bits per heavy atom. The number of nitrogen functional groups attached to an aromatic ring is 2. The van der Waals surface area contributed by atoms with Gasteiger partial charge in [-0.15, -0.1) is 0 Å². The summed E-state index contributed by atoms with van der Waals surface area (Å²) in [6.07, 6.45) is 3.27. The Hall–Kier alpha value is -6.65. The molecule has 0 aliphatic heterocycles. The molecule has 0 spiro atoms. The van der Waals surface area contributed by atoms with Gasteiger partial charge in [0.05, 0.1) is 32.5 Å². The number of amides is 3. The normalized spacial score (nSPS) is 12.6. The first-order valence-corrected chi connectivity index (χ1v) is 23.4. The van der Waals surface area contributed by atoms with Crippen molar-refractivity contribution in [3.8, 4) is 0 Å². The van der Waals surface area contributed by atoms with E-state index in [9.17, 15) is 24.0 Å². The van der Waals surface area contributed by atoms with Crippen LogP contribution in [-0.4, -0.2) is 154 Å². The molecule has 28 nitrogen and oxygen atoms in total. The molecule has 396 valence electrons. The number of ketones is 2. The van der Waals surface area contributed by atoms with Crippen molar-refractivity contribution in [2.45, 2.75) is 96.1 Å². The Morgan fingerprint density at radius 3 is 1.50 bits per heavy atom. The summed E-state index contributed by atoms with van der Waals surface area (Å²) < 4.78 is 16.5. The van der Waals surface area contributed by atoms with Crippen molar-refractivity contribution in [1.82, 2.24) is 25.9 Å². The lowest BCUT2D eigenvalue weighted by Gasteiger charge is -2.22. The number of guanidine groups is 4. The second-order valence-electron chi connectivity index (χ2n) is 16.2. The van der Waals surface area contributed by atoms with Crippen LogP contribution in [0.5, 0.6) is 0 Å². The molecular formula is C42H80N20O8. The molecule has 0 saturated carbocycles. The summed E-state index contributed by atoms with van der Waals surface area (Å²) in [5, 5.41) is 8.40. The molecule has 2 unspecified atom stereocenters. The molecule has 28 heteroatoms. The number of hydrogen-bond donors (Lipinski definition) is 14. The molecule has 3 amide bonds. The van der Waals surface area contributed by atoms with Crippen LogP contribution in [0.15, 0.2) is 20.0 Å². The van der Waals surface area contributed by atoms with Gasteiger partial charge in [0.15, 0.2) is 58.4 Å². The number of carbonyl (C=O) groups excluding carboxylic acids is 5. The van der Waals surface area contributed by atoms with Crippen molar-refractivity contribution in [2.24, 2.45) is 83.4 Å². The molecule has 4 atom stereocenters. The highest BCUT2D eigenvalue weighted by atomic mass is 16.5. The number of rotatable bonds is 40. The lowest BCUT2D eigenvalue weighted by molar-refractivity contribution is -0.130. The van der Waals surface area contributed by atoms with E-state index < -0.39 is 64.5 Å². The van der Waals surface area contributed by atoms with Crippen LogP contribution in [0.1, 0.15) is 105 Å². The summed E-state index contributed by atoms with van der Waals surface area (Å²) in [6, 6.07) is -1.47. The summed E-state index contributed by atoms with van der Waals surface area (Å²) in [7, 11) is 0. The largest absolute Gasteiger partial charge is 0.382 e. The van der Waals surface area contributed by atoms with Crippen molar-refractivity contribution >= 4 is 64.8 Å². The van der Waals surface area contributed by atoms with Gasteiger partial charge < -0.3 is 93.2 Å². The van der Waals surface area contributed by atoms with E-state index in [-0.39, 0.29) is 100 Å². The van der Waals surface area contributed by atoms with Crippen LogP contribution in [0.25, 0.3) is 0 Å². The molecule has 0 aliphatic carbocycles. The van der Waals surface area contributed by atoms with Gasteiger partial charge in [0, 0.05) is 76.7 Å². The first kappa shape index (κ1) is 61.4. The van der Waals surface area contributed by atoms with Gasteiger partial charge in [-0.25, -0.2) is 9.97 Å². The third-order valence-corrected chi connectivity index (χ3v) is 10.2. The first-order chi connectivity index (χ1) is 33.4. The maximum Gasteiger partial charge on any atom is 0.274 e. The summed E-state index contributed by atoms with van der Waals surface area (Å²) >= 11 is 0. The summed E-state index contributed by atoms with van der Waals surface area (Å²) in [4.78, 5) is 92.5. The Bertz CT molecular complexity index is 1870. The van der Waals surface area contributed by atoms with E-state index in [4.69, 9.17) is 77.3 Å². The lowest BCUT2D eigenvalue weighted by Crippen LogP contribution is -2.43. The van der Waals surface area contributed by atoms with Crippen molar-refractivity contribution in [3.63, 3.8) is 0 Å². The minimum absolute atomic E-state index is 0.0381. The predicted molar refractivity (Wildman–Crippen MR) is 269 cm³/mol. The van der Waals surface area contributed by atoms with Crippen LogP contribution in [-0.2, 0) is 28.6 Å². The van der Waals surface area contributed by atoms with Crippen molar-refractivity contribution in [3.05, 3.63) is 11.4 Å². The molecule has 25 N–H and O–H groups in total. The fourth-order valence-corrected chi connectivity index (χ4v) is 6.62. The monoisotopic (exact) mass is 993 g/mol.